The molecular weight excluding hydrogens is 518 g/mol. The minimum Gasteiger partial charge on any atom is -0.446 e. The Balaban J connectivity index is 1.52. The first-order chi connectivity index (χ1) is 18.1. The minimum atomic E-state index is -0.556. The normalized spacial score (nSPS) is 16.1. The molecule has 3 atom stereocenters. The number of amides is 2. The molecule has 2 heterocycles. The molecule has 206 valence electrons. The van der Waals surface area contributed by atoms with E-state index in [1.165, 1.54) is 11.8 Å². The molecule has 1 aliphatic heterocycles. The maximum absolute atomic E-state index is 12.7. The van der Waals surface area contributed by atoms with Gasteiger partial charge in [-0.2, -0.15) is 0 Å². The van der Waals surface area contributed by atoms with Crippen LogP contribution in [0.15, 0.2) is 42.6 Å². The first-order valence-electron chi connectivity index (χ1n) is 13.0. The van der Waals surface area contributed by atoms with Gasteiger partial charge < -0.3 is 19.7 Å². The molecule has 2 N–H and O–H groups in total. The van der Waals surface area contributed by atoms with Crippen molar-refractivity contribution >= 4 is 40.8 Å². The van der Waals surface area contributed by atoms with Gasteiger partial charge >= 0.3 is 6.09 Å². The summed E-state index contributed by atoms with van der Waals surface area (Å²) in [6, 6.07) is 11.4. The third-order valence-corrected chi connectivity index (χ3v) is 8.86. The Morgan fingerprint density at radius 2 is 1.92 bits per heavy atom. The van der Waals surface area contributed by atoms with E-state index in [0.29, 0.717) is 38.7 Å². The molecule has 0 bridgehead atoms. The number of pyridine rings is 1. The van der Waals surface area contributed by atoms with Crippen molar-refractivity contribution in [1.82, 2.24) is 15.2 Å². The van der Waals surface area contributed by atoms with Crippen molar-refractivity contribution in [3.63, 3.8) is 0 Å². The van der Waals surface area contributed by atoms with Gasteiger partial charge in [0.05, 0.1) is 17.4 Å². The summed E-state index contributed by atoms with van der Waals surface area (Å²) >= 11 is 0. The number of hydrogen-bond acceptors (Lipinski definition) is 6. The van der Waals surface area contributed by atoms with Crippen LogP contribution in [-0.2, 0) is 14.9 Å². The summed E-state index contributed by atoms with van der Waals surface area (Å²) in [5.74, 6) is 1.30. The predicted molar refractivity (Wildman–Crippen MR) is 158 cm³/mol. The molecule has 1 aliphatic rings. The number of anilines is 1. The summed E-state index contributed by atoms with van der Waals surface area (Å²) in [4.78, 5) is 31.6. The van der Waals surface area contributed by atoms with Crippen LogP contribution in [0, 0.1) is 5.92 Å². The number of hydrogen-bond donors (Lipinski definition) is 2. The van der Waals surface area contributed by atoms with Crippen LogP contribution in [0.4, 0.5) is 10.5 Å². The molecule has 1 fully saturated rings. The zero-order valence-corrected chi connectivity index (χ0v) is 24.9. The van der Waals surface area contributed by atoms with E-state index in [1.54, 1.807) is 12.1 Å². The van der Waals surface area contributed by atoms with Crippen LogP contribution in [0.1, 0.15) is 46.1 Å². The highest BCUT2D eigenvalue weighted by Crippen LogP contribution is 2.28. The van der Waals surface area contributed by atoms with E-state index in [-0.39, 0.29) is 28.9 Å². The fraction of sp³-hybridized carbons (Fsp3) is 0.500. The highest BCUT2D eigenvalue weighted by Gasteiger charge is 2.34. The van der Waals surface area contributed by atoms with Gasteiger partial charge in [-0.1, -0.05) is 62.9 Å². The molecular formula is C28H40N4O4P2. The second-order valence-electron chi connectivity index (χ2n) is 10.6. The number of aromatic nitrogens is 1. The summed E-state index contributed by atoms with van der Waals surface area (Å²) in [7, 11) is 3.59. The molecule has 3 rings (SSSR count). The van der Waals surface area contributed by atoms with E-state index < -0.39 is 6.09 Å². The molecule has 0 spiro atoms. The van der Waals surface area contributed by atoms with Crippen LogP contribution in [0.25, 0.3) is 0 Å². The van der Waals surface area contributed by atoms with E-state index in [2.05, 4.69) is 54.5 Å². The topological polar surface area (TPSA) is 92.8 Å². The molecule has 0 saturated carbocycles. The Kier molecular flexibility index (Phi) is 11.1. The van der Waals surface area contributed by atoms with Crippen molar-refractivity contribution in [3.05, 3.63) is 48.2 Å². The maximum Gasteiger partial charge on any atom is 0.411 e. The molecule has 38 heavy (non-hydrogen) atoms. The fourth-order valence-electron chi connectivity index (χ4n) is 4.17. The lowest BCUT2D eigenvalue weighted by molar-refractivity contribution is -0.121. The Labute approximate surface area is 229 Å². The molecule has 2 aromatic rings. The molecule has 2 amide bonds. The number of benzene rings is 1. The highest BCUT2D eigenvalue weighted by molar-refractivity contribution is 7.56. The monoisotopic (exact) mass is 558 g/mol. The molecule has 8 nitrogen and oxygen atoms in total. The van der Waals surface area contributed by atoms with Gasteiger partial charge in [-0.05, 0) is 48.8 Å². The van der Waals surface area contributed by atoms with Gasteiger partial charge in [0, 0.05) is 31.5 Å². The van der Waals surface area contributed by atoms with Gasteiger partial charge in [0.1, 0.15) is 11.9 Å². The van der Waals surface area contributed by atoms with E-state index in [1.807, 2.05) is 31.3 Å². The molecule has 2 unspecified atom stereocenters. The smallest absolute Gasteiger partial charge is 0.411 e. The third-order valence-electron chi connectivity index (χ3n) is 6.34. The molecule has 1 aromatic carbocycles. The first-order valence-corrected chi connectivity index (χ1v) is 15.4. The zero-order chi connectivity index (χ0) is 27.7. The number of nitrogens with zero attached hydrogens (tertiary/aromatic N) is 2. The third kappa shape index (κ3) is 9.34. The van der Waals surface area contributed by atoms with Crippen molar-refractivity contribution in [3.8, 4) is 11.6 Å². The Morgan fingerprint density at radius 3 is 2.47 bits per heavy atom. The minimum absolute atomic E-state index is 0.0263. The Hall–Kier alpha value is -2.53. The quantitative estimate of drug-likeness (QED) is 0.315. The van der Waals surface area contributed by atoms with E-state index >= 15 is 0 Å². The lowest BCUT2D eigenvalue weighted by Gasteiger charge is -2.40. The Morgan fingerprint density at radius 1 is 1.21 bits per heavy atom. The van der Waals surface area contributed by atoms with Gasteiger partial charge in [0.25, 0.3) is 0 Å². The van der Waals surface area contributed by atoms with Gasteiger partial charge in [-0.25, -0.2) is 9.78 Å². The highest BCUT2D eigenvalue weighted by atomic mass is 31.1. The summed E-state index contributed by atoms with van der Waals surface area (Å²) in [6.07, 6.45) is 6.34. The summed E-state index contributed by atoms with van der Waals surface area (Å²) < 4.78 is 11.6. The molecule has 1 aromatic heterocycles. The number of carbonyl (C=O) groups is 2. The van der Waals surface area contributed by atoms with Gasteiger partial charge in [0.2, 0.25) is 11.8 Å². The fourth-order valence-corrected chi connectivity index (χ4v) is 6.12. The van der Waals surface area contributed by atoms with Crippen LogP contribution >= 0.6 is 16.8 Å². The van der Waals surface area contributed by atoms with Gasteiger partial charge in [0.15, 0.2) is 0 Å². The largest absolute Gasteiger partial charge is 0.446 e. The average Bonchev–Trinajstić information content (AvgIpc) is 2.85. The number of ether oxygens (including phenoxy) is 2. The van der Waals surface area contributed by atoms with Crippen molar-refractivity contribution < 1.29 is 19.1 Å². The van der Waals surface area contributed by atoms with Crippen LogP contribution < -0.4 is 15.4 Å². The second kappa shape index (κ2) is 14.0. The van der Waals surface area contributed by atoms with E-state index in [0.717, 1.165) is 27.5 Å². The Bertz CT molecular complexity index is 1070. The summed E-state index contributed by atoms with van der Waals surface area (Å²) in [5, 5.41) is 5.79. The van der Waals surface area contributed by atoms with Crippen LogP contribution in [0.3, 0.4) is 0 Å². The predicted octanol–water partition coefficient (Wildman–Crippen LogP) is 5.91. The standard InChI is InChI=1S/C28H40N4O4P2/c1-7-38-27(37-6)31-24(33)14-13-23(19-17-32(5)18-19)36-26(34)30-21-10-15-25(29-16-21)35-22-11-8-20(9-12-22)28(2,3)4/h8-12,15-16,19,23,27,38H,6-7,13-14,17-18H2,1-5H3,(H,30,34)(H,31,33)/t23-,27?/m1/s1. The SMILES string of the molecule is C=PC(NC(=O)CC[C@@H](OC(=O)Nc1ccc(Oc2ccc(C(C)(C)C)cc2)nc1)C1CN(C)C1)PCC. The molecule has 0 radical (unpaired) electrons. The number of rotatable bonds is 12. The van der Waals surface area contributed by atoms with Crippen molar-refractivity contribution in [1.29, 1.82) is 0 Å². The van der Waals surface area contributed by atoms with Gasteiger partial charge in [-0.15, -0.1) is 0 Å². The zero-order valence-electron chi connectivity index (χ0n) is 23.0. The first kappa shape index (κ1) is 30.0. The van der Waals surface area contributed by atoms with Crippen molar-refractivity contribution in [2.24, 2.45) is 5.92 Å². The summed E-state index contributed by atoms with van der Waals surface area (Å²) in [5.41, 5.74) is 1.89. The molecule has 1 saturated heterocycles. The van der Waals surface area contributed by atoms with Crippen LogP contribution in [0.2, 0.25) is 0 Å². The lowest BCUT2D eigenvalue weighted by Crippen LogP contribution is -2.51. The molecule has 0 aliphatic carbocycles. The van der Waals surface area contributed by atoms with E-state index in [9.17, 15) is 9.59 Å². The number of nitrogens with one attached hydrogen (secondary N) is 2. The second-order valence-corrected chi connectivity index (χ2v) is 13.6. The average molecular weight is 559 g/mol. The lowest BCUT2D eigenvalue weighted by atomic mass is 9.87. The van der Waals surface area contributed by atoms with Gasteiger partial charge in [-0.3, -0.25) is 10.1 Å². The molecule has 10 heteroatoms. The van der Waals surface area contributed by atoms with Crippen LogP contribution in [-0.4, -0.2) is 66.1 Å². The number of carbonyl (C=O) groups excluding carboxylic acids is 2. The maximum atomic E-state index is 12.7. The summed E-state index contributed by atoms with van der Waals surface area (Å²) in [6.45, 7) is 10.3. The number of likely N-dealkylation sites (tertiary alicyclic amines) is 1. The van der Waals surface area contributed by atoms with Crippen molar-refractivity contribution in [2.45, 2.75) is 57.6 Å². The van der Waals surface area contributed by atoms with Crippen LogP contribution in [0.5, 0.6) is 11.6 Å². The van der Waals surface area contributed by atoms with Crippen molar-refractivity contribution in [2.75, 3.05) is 31.6 Å². The van der Waals surface area contributed by atoms with E-state index in [4.69, 9.17) is 9.47 Å².